The predicted molar refractivity (Wildman–Crippen MR) is 142 cm³/mol. The summed E-state index contributed by atoms with van der Waals surface area (Å²) in [6, 6.07) is 16.0. The third kappa shape index (κ3) is 8.16. The zero-order valence-corrected chi connectivity index (χ0v) is 22.6. The molecule has 4 rings (SSSR count). The molecule has 224 valence electrons. The highest BCUT2D eigenvalue weighted by molar-refractivity contribution is 5.95. The number of hydroxylamine groups is 1. The van der Waals surface area contributed by atoms with Crippen LogP contribution in [0, 0.1) is 12.8 Å². The molecule has 0 radical (unpaired) electrons. The molecule has 11 nitrogen and oxygen atoms in total. The molecule has 0 aliphatic carbocycles. The zero-order valence-electron chi connectivity index (χ0n) is 22.6. The average molecular weight is 591 g/mol. The number of amides is 3. The van der Waals surface area contributed by atoms with E-state index >= 15 is 0 Å². The van der Waals surface area contributed by atoms with Crippen molar-refractivity contribution < 1.29 is 47.4 Å². The number of benzene rings is 2. The smallest absolute Gasteiger partial charge is 0.489 e. The van der Waals surface area contributed by atoms with Crippen molar-refractivity contribution in [2.24, 2.45) is 5.92 Å². The van der Waals surface area contributed by atoms with E-state index < -0.39 is 30.0 Å². The molecule has 1 aliphatic heterocycles. The summed E-state index contributed by atoms with van der Waals surface area (Å²) in [6.07, 6.45) is -4.79. The van der Waals surface area contributed by atoms with Gasteiger partial charge in [0.05, 0.1) is 17.5 Å². The minimum atomic E-state index is -5.08. The van der Waals surface area contributed by atoms with Gasteiger partial charge in [0.2, 0.25) is 11.8 Å². The highest BCUT2D eigenvalue weighted by atomic mass is 19.4. The first-order chi connectivity index (χ1) is 19.8. The third-order valence-electron chi connectivity index (χ3n) is 6.42. The van der Waals surface area contributed by atoms with E-state index in [1.807, 2.05) is 37.3 Å². The summed E-state index contributed by atoms with van der Waals surface area (Å²) >= 11 is 0. The van der Waals surface area contributed by atoms with E-state index in [9.17, 15) is 27.6 Å². The van der Waals surface area contributed by atoms with Crippen LogP contribution in [-0.2, 0) is 21.0 Å². The maximum absolute atomic E-state index is 12.8. The van der Waals surface area contributed by atoms with Gasteiger partial charge in [-0.25, -0.2) is 10.3 Å². The molecule has 42 heavy (non-hydrogen) atoms. The van der Waals surface area contributed by atoms with E-state index in [1.54, 1.807) is 36.7 Å². The average Bonchev–Trinajstić information content (AvgIpc) is 3.38. The molecule has 3 amide bonds. The first-order valence-corrected chi connectivity index (χ1v) is 12.7. The Morgan fingerprint density at radius 3 is 2.31 bits per heavy atom. The van der Waals surface area contributed by atoms with Gasteiger partial charge in [0.1, 0.15) is 12.4 Å². The number of carbonyl (C=O) groups excluding carboxylic acids is 3. The summed E-state index contributed by atoms with van der Waals surface area (Å²) in [5, 5.41) is 20.0. The molecule has 0 unspecified atom stereocenters. The van der Waals surface area contributed by atoms with Gasteiger partial charge in [0.15, 0.2) is 0 Å². The van der Waals surface area contributed by atoms with Crippen LogP contribution < -0.4 is 15.5 Å². The highest BCUT2D eigenvalue weighted by Crippen LogP contribution is 2.22. The molecule has 1 saturated heterocycles. The van der Waals surface area contributed by atoms with E-state index in [2.05, 4.69) is 10.3 Å². The lowest BCUT2D eigenvalue weighted by Crippen LogP contribution is -2.45. The van der Waals surface area contributed by atoms with Crippen LogP contribution in [0.25, 0.3) is 10.9 Å². The molecular weight excluding hydrogens is 561 g/mol. The van der Waals surface area contributed by atoms with Gasteiger partial charge >= 0.3 is 12.1 Å². The van der Waals surface area contributed by atoms with Crippen LogP contribution in [0.5, 0.6) is 5.75 Å². The van der Waals surface area contributed by atoms with Gasteiger partial charge < -0.3 is 20.1 Å². The Bertz CT molecular complexity index is 1450. The number of halogens is 3. The summed E-state index contributed by atoms with van der Waals surface area (Å²) in [5.41, 5.74) is 4.87. The molecule has 3 aromatic rings. The predicted octanol–water partition coefficient (Wildman–Crippen LogP) is 3.23. The van der Waals surface area contributed by atoms with Crippen LogP contribution in [-0.4, -0.2) is 69.2 Å². The number of carbonyl (C=O) groups is 4. The second-order valence-corrected chi connectivity index (χ2v) is 9.37. The Kier molecular flexibility index (Phi) is 10.4. The quantitative estimate of drug-likeness (QED) is 0.241. The molecule has 1 fully saturated rings. The van der Waals surface area contributed by atoms with Crippen molar-refractivity contribution in [3.05, 3.63) is 71.4 Å². The first-order valence-electron chi connectivity index (χ1n) is 12.7. The van der Waals surface area contributed by atoms with Gasteiger partial charge in [-0.1, -0.05) is 25.1 Å². The van der Waals surface area contributed by atoms with Crippen LogP contribution in [0.3, 0.4) is 0 Å². The largest absolute Gasteiger partial charge is 0.490 e. The number of carboxylic acid groups (broad SMARTS) is 1. The second-order valence-electron chi connectivity index (χ2n) is 9.37. The minimum absolute atomic E-state index is 0.115. The van der Waals surface area contributed by atoms with Gasteiger partial charge in [-0.2, -0.15) is 13.2 Å². The number of carboxylic acids is 1. The third-order valence-corrected chi connectivity index (χ3v) is 6.42. The lowest BCUT2D eigenvalue weighted by atomic mass is 10.0. The van der Waals surface area contributed by atoms with Crippen molar-refractivity contribution in [3.63, 3.8) is 0 Å². The SMILES string of the molecule is CCC(=O)N1C[C@H](C(=O)NO)[C@H](NC(=O)c2ccc(OCc3cc(C)nc4ccccc34)cc2)C1.O=C(O)C(F)(F)F. The molecule has 4 N–H and O–H groups in total. The standard InChI is InChI=1S/C26H28N4O5.C2HF3O2/c1-3-24(31)30-13-21(26(33)29-34)23(14-30)28-25(32)17-8-10-19(11-9-17)35-15-18-12-16(2)27-22-7-5-4-6-20(18)22;3-2(4,5)1(6)7/h4-12,21,23,34H,3,13-15H2,1-2H3,(H,28,32)(H,29,33);(H,6,7)/t21-,23+;/m0./s1. The minimum Gasteiger partial charge on any atom is -0.489 e. The van der Waals surface area contributed by atoms with Gasteiger partial charge in [-0.05, 0) is 43.3 Å². The fourth-order valence-corrected chi connectivity index (χ4v) is 4.36. The van der Waals surface area contributed by atoms with Crippen LogP contribution in [0.15, 0.2) is 54.6 Å². The lowest BCUT2D eigenvalue weighted by Gasteiger charge is -2.18. The normalized spacial score (nSPS) is 16.3. The Morgan fingerprint density at radius 2 is 1.71 bits per heavy atom. The van der Waals surface area contributed by atoms with Gasteiger partial charge in [0, 0.05) is 41.7 Å². The molecule has 1 aromatic heterocycles. The molecular formula is C28H29F3N4O7. The number of alkyl halides is 3. The highest BCUT2D eigenvalue weighted by Gasteiger charge is 2.40. The number of aromatic nitrogens is 1. The first kappa shape index (κ1) is 31.8. The fourth-order valence-electron chi connectivity index (χ4n) is 4.36. The molecule has 1 aliphatic rings. The monoisotopic (exact) mass is 590 g/mol. The van der Waals surface area contributed by atoms with E-state index in [-0.39, 0.29) is 24.9 Å². The summed E-state index contributed by atoms with van der Waals surface area (Å²) in [4.78, 5) is 51.9. The summed E-state index contributed by atoms with van der Waals surface area (Å²) < 4.78 is 37.7. The van der Waals surface area contributed by atoms with E-state index in [4.69, 9.17) is 19.8 Å². The van der Waals surface area contributed by atoms with Crippen LogP contribution in [0.1, 0.15) is 35.0 Å². The molecule has 2 atom stereocenters. The summed E-state index contributed by atoms with van der Waals surface area (Å²) in [7, 11) is 0. The number of para-hydroxylation sites is 1. The zero-order chi connectivity index (χ0) is 31.0. The number of nitrogens with one attached hydrogen (secondary N) is 2. The van der Waals surface area contributed by atoms with Crippen molar-refractivity contribution in [3.8, 4) is 5.75 Å². The number of likely N-dealkylation sites (tertiary alicyclic amines) is 1. The van der Waals surface area contributed by atoms with Gasteiger partial charge in [-0.3, -0.25) is 24.6 Å². The van der Waals surface area contributed by atoms with Crippen molar-refractivity contribution in [2.75, 3.05) is 13.1 Å². The molecule has 14 heteroatoms. The molecule has 0 spiro atoms. The summed E-state index contributed by atoms with van der Waals surface area (Å²) in [5.74, 6) is -4.01. The lowest BCUT2D eigenvalue weighted by molar-refractivity contribution is -0.192. The van der Waals surface area contributed by atoms with E-state index in [1.165, 1.54) is 4.90 Å². The van der Waals surface area contributed by atoms with Crippen LogP contribution in [0.4, 0.5) is 13.2 Å². The van der Waals surface area contributed by atoms with Crippen molar-refractivity contribution in [2.45, 2.75) is 39.1 Å². The Hall–Kier alpha value is -4.72. The molecule has 0 saturated carbocycles. The van der Waals surface area contributed by atoms with Crippen molar-refractivity contribution >= 4 is 34.6 Å². The Labute approximate surface area is 238 Å². The number of hydrogen-bond acceptors (Lipinski definition) is 7. The second kappa shape index (κ2) is 13.8. The van der Waals surface area contributed by atoms with Gasteiger partial charge in [0.25, 0.3) is 5.91 Å². The number of aryl methyl sites for hydroxylation is 1. The number of fused-ring (bicyclic) bond motifs is 1. The molecule has 0 bridgehead atoms. The van der Waals surface area contributed by atoms with Crippen LogP contribution in [0.2, 0.25) is 0 Å². The fraction of sp³-hybridized carbons (Fsp3) is 0.321. The number of nitrogens with zero attached hydrogens (tertiary/aromatic N) is 2. The number of rotatable bonds is 7. The summed E-state index contributed by atoms with van der Waals surface area (Å²) in [6.45, 7) is 4.38. The van der Waals surface area contributed by atoms with Gasteiger partial charge in [-0.15, -0.1) is 0 Å². The number of aliphatic carboxylic acids is 1. The number of hydrogen-bond donors (Lipinski definition) is 4. The van der Waals surface area contributed by atoms with E-state index in [0.717, 1.165) is 22.2 Å². The van der Waals surface area contributed by atoms with Crippen molar-refractivity contribution in [1.29, 1.82) is 0 Å². The maximum atomic E-state index is 12.8. The topological polar surface area (TPSA) is 158 Å². The Balaban J connectivity index is 0.000000616. The van der Waals surface area contributed by atoms with E-state index in [0.29, 0.717) is 24.3 Å². The molecule has 2 aromatic carbocycles. The number of ether oxygens (including phenoxy) is 1. The number of pyridine rings is 1. The van der Waals surface area contributed by atoms with Crippen molar-refractivity contribution in [1.82, 2.24) is 20.7 Å². The maximum Gasteiger partial charge on any atom is 0.490 e. The Morgan fingerprint density at radius 1 is 1.07 bits per heavy atom. The molecule has 2 heterocycles. The van der Waals surface area contributed by atoms with Crippen LogP contribution >= 0.6 is 0 Å².